The van der Waals surface area contributed by atoms with Gasteiger partial charge in [0.1, 0.15) is 0 Å². The van der Waals surface area contributed by atoms with Crippen LogP contribution in [0.1, 0.15) is 37.7 Å². The predicted molar refractivity (Wildman–Crippen MR) is 79.1 cm³/mol. The summed E-state index contributed by atoms with van der Waals surface area (Å²) in [5.74, 6) is -0.239. The van der Waals surface area contributed by atoms with Crippen LogP contribution in [-0.2, 0) is 16.1 Å². The van der Waals surface area contributed by atoms with Gasteiger partial charge >= 0.3 is 0 Å². The van der Waals surface area contributed by atoms with Crippen LogP contribution in [0.4, 0.5) is 0 Å². The van der Waals surface area contributed by atoms with E-state index in [0.29, 0.717) is 13.1 Å². The van der Waals surface area contributed by atoms with Crippen LogP contribution in [0, 0.1) is 0 Å². The maximum atomic E-state index is 12.0. The fourth-order valence-electron chi connectivity index (χ4n) is 2.49. The lowest BCUT2D eigenvalue weighted by Gasteiger charge is -2.22. The van der Waals surface area contributed by atoms with Gasteiger partial charge in [-0.1, -0.05) is 18.9 Å². The molecule has 6 nitrogen and oxygen atoms in total. The Kier molecular flexibility index (Phi) is 5.27. The van der Waals surface area contributed by atoms with Gasteiger partial charge in [-0.25, -0.2) is 0 Å². The normalized spacial score (nSPS) is 16.4. The van der Waals surface area contributed by atoms with E-state index in [-0.39, 0.29) is 18.2 Å². The zero-order valence-electron chi connectivity index (χ0n) is 12.1. The van der Waals surface area contributed by atoms with Gasteiger partial charge in [0, 0.05) is 31.9 Å². The summed E-state index contributed by atoms with van der Waals surface area (Å²) in [5, 5.41) is 5.55. The Hall–Kier alpha value is -1.95. The van der Waals surface area contributed by atoms with Gasteiger partial charge in [-0.2, -0.15) is 0 Å². The van der Waals surface area contributed by atoms with Gasteiger partial charge in [0.25, 0.3) is 0 Å². The number of pyridine rings is 1. The Balaban J connectivity index is 1.64. The van der Waals surface area contributed by atoms with Crippen LogP contribution < -0.4 is 16.4 Å². The molecule has 0 unspecified atom stereocenters. The highest BCUT2D eigenvalue weighted by atomic mass is 16.2. The molecule has 2 rings (SSSR count). The number of aromatic nitrogens is 1. The maximum absolute atomic E-state index is 12.0. The topological polar surface area (TPSA) is 97.1 Å². The van der Waals surface area contributed by atoms with Crippen LogP contribution in [0.5, 0.6) is 0 Å². The molecular weight excluding hydrogens is 268 g/mol. The molecule has 21 heavy (non-hydrogen) atoms. The fraction of sp³-hybridized carbons (Fsp3) is 0.533. The highest BCUT2D eigenvalue weighted by Gasteiger charge is 2.36. The minimum absolute atomic E-state index is 0.100. The van der Waals surface area contributed by atoms with Gasteiger partial charge in [0.15, 0.2) is 0 Å². The lowest BCUT2D eigenvalue weighted by atomic mass is 9.98. The molecule has 1 aliphatic rings. The number of nitrogens with zero attached hydrogens (tertiary/aromatic N) is 1. The summed E-state index contributed by atoms with van der Waals surface area (Å²) in [6.07, 6.45) is 7.10. The summed E-state index contributed by atoms with van der Waals surface area (Å²) < 4.78 is 0. The van der Waals surface area contributed by atoms with Crippen LogP contribution >= 0.6 is 0 Å². The first-order valence-electron chi connectivity index (χ1n) is 7.33. The first-order chi connectivity index (χ1) is 10.1. The third-order valence-corrected chi connectivity index (χ3v) is 3.80. The van der Waals surface area contributed by atoms with Crippen molar-refractivity contribution in [2.24, 2.45) is 5.73 Å². The van der Waals surface area contributed by atoms with Crippen molar-refractivity contribution in [3.05, 3.63) is 30.1 Å². The monoisotopic (exact) mass is 290 g/mol. The Morgan fingerprint density at radius 2 is 2.05 bits per heavy atom. The van der Waals surface area contributed by atoms with E-state index in [4.69, 9.17) is 5.73 Å². The van der Waals surface area contributed by atoms with E-state index in [1.165, 1.54) is 0 Å². The highest BCUT2D eigenvalue weighted by molar-refractivity contribution is 5.86. The molecule has 1 saturated carbocycles. The molecule has 0 radical (unpaired) electrons. The molecule has 1 heterocycles. The summed E-state index contributed by atoms with van der Waals surface area (Å²) >= 11 is 0. The number of carbonyl (C=O) groups excluding carboxylic acids is 2. The van der Waals surface area contributed by atoms with E-state index in [1.807, 2.05) is 12.1 Å². The molecule has 0 aromatic carbocycles. The third-order valence-electron chi connectivity index (χ3n) is 3.80. The lowest BCUT2D eigenvalue weighted by molar-refractivity contribution is -0.126. The summed E-state index contributed by atoms with van der Waals surface area (Å²) in [4.78, 5) is 27.6. The average Bonchev–Trinajstić information content (AvgIpc) is 2.94. The smallest absolute Gasteiger partial charge is 0.240 e. The van der Waals surface area contributed by atoms with Crippen molar-refractivity contribution in [2.45, 2.75) is 44.2 Å². The van der Waals surface area contributed by atoms with Crippen molar-refractivity contribution in [3.63, 3.8) is 0 Å². The van der Waals surface area contributed by atoms with E-state index in [9.17, 15) is 9.59 Å². The number of nitrogens with two attached hydrogens (primary N) is 1. The minimum Gasteiger partial charge on any atom is -0.354 e. The average molecular weight is 290 g/mol. The van der Waals surface area contributed by atoms with Gasteiger partial charge < -0.3 is 16.4 Å². The number of hydrogen-bond donors (Lipinski definition) is 3. The van der Waals surface area contributed by atoms with Gasteiger partial charge in [-0.05, 0) is 24.5 Å². The second kappa shape index (κ2) is 7.17. The molecule has 6 heteroatoms. The van der Waals surface area contributed by atoms with Crippen LogP contribution in [0.2, 0.25) is 0 Å². The second-order valence-corrected chi connectivity index (χ2v) is 5.51. The number of rotatable bonds is 6. The van der Waals surface area contributed by atoms with E-state index in [2.05, 4.69) is 15.6 Å². The molecule has 0 saturated heterocycles. The van der Waals surface area contributed by atoms with Crippen LogP contribution in [0.25, 0.3) is 0 Å². The van der Waals surface area contributed by atoms with Crippen molar-refractivity contribution in [1.82, 2.24) is 15.6 Å². The third kappa shape index (κ3) is 4.53. The molecule has 1 fully saturated rings. The molecular formula is C15H22N4O2. The Labute approximate surface area is 124 Å². The van der Waals surface area contributed by atoms with Crippen LogP contribution in [0.3, 0.4) is 0 Å². The van der Waals surface area contributed by atoms with Crippen molar-refractivity contribution < 1.29 is 9.59 Å². The van der Waals surface area contributed by atoms with E-state index >= 15 is 0 Å². The Morgan fingerprint density at radius 3 is 2.71 bits per heavy atom. The summed E-state index contributed by atoms with van der Waals surface area (Å²) in [6.45, 7) is 0.762. The molecule has 1 aromatic heterocycles. The molecule has 1 aliphatic carbocycles. The minimum atomic E-state index is -0.730. The number of carbonyl (C=O) groups is 2. The van der Waals surface area contributed by atoms with Gasteiger partial charge in [0.05, 0.1) is 5.54 Å². The van der Waals surface area contributed by atoms with Crippen molar-refractivity contribution >= 4 is 11.8 Å². The molecule has 114 valence electrons. The van der Waals surface area contributed by atoms with Gasteiger partial charge in [-0.3, -0.25) is 14.6 Å². The van der Waals surface area contributed by atoms with Crippen molar-refractivity contribution in [2.75, 3.05) is 6.54 Å². The second-order valence-electron chi connectivity index (χ2n) is 5.51. The summed E-state index contributed by atoms with van der Waals surface area (Å²) in [5.41, 5.74) is 6.25. The molecule has 2 amide bonds. The zero-order valence-corrected chi connectivity index (χ0v) is 12.1. The Morgan fingerprint density at radius 1 is 1.29 bits per heavy atom. The van der Waals surface area contributed by atoms with E-state index in [1.54, 1.807) is 12.4 Å². The number of hydrogen-bond acceptors (Lipinski definition) is 4. The molecule has 4 N–H and O–H groups in total. The Bertz CT molecular complexity index is 484. The predicted octanol–water partition coefficient (Wildman–Crippen LogP) is 0.476. The molecule has 0 bridgehead atoms. The van der Waals surface area contributed by atoms with E-state index < -0.39 is 5.54 Å². The zero-order chi connectivity index (χ0) is 15.1. The van der Waals surface area contributed by atoms with Crippen LogP contribution in [0.15, 0.2) is 24.5 Å². The molecule has 1 aromatic rings. The van der Waals surface area contributed by atoms with Crippen molar-refractivity contribution in [1.29, 1.82) is 0 Å². The maximum Gasteiger partial charge on any atom is 0.240 e. The van der Waals surface area contributed by atoms with Crippen molar-refractivity contribution in [3.8, 4) is 0 Å². The summed E-state index contributed by atoms with van der Waals surface area (Å²) in [6, 6.07) is 3.72. The SMILES string of the molecule is NC1(C(=O)NCCC(=O)NCc2cccnc2)CCCC1. The lowest BCUT2D eigenvalue weighted by Crippen LogP contribution is -2.52. The quantitative estimate of drug-likeness (QED) is 0.709. The van der Waals surface area contributed by atoms with Gasteiger partial charge in [0.2, 0.25) is 11.8 Å². The molecule has 0 atom stereocenters. The first-order valence-corrected chi connectivity index (χ1v) is 7.33. The summed E-state index contributed by atoms with van der Waals surface area (Å²) in [7, 11) is 0. The molecule has 0 spiro atoms. The molecule has 0 aliphatic heterocycles. The van der Waals surface area contributed by atoms with E-state index in [0.717, 1.165) is 31.2 Å². The largest absolute Gasteiger partial charge is 0.354 e. The van der Waals surface area contributed by atoms with Gasteiger partial charge in [-0.15, -0.1) is 0 Å². The number of amides is 2. The highest BCUT2D eigenvalue weighted by Crippen LogP contribution is 2.27. The first kappa shape index (κ1) is 15.4. The fourth-order valence-corrected chi connectivity index (χ4v) is 2.49. The number of nitrogens with one attached hydrogen (secondary N) is 2. The standard InChI is InChI=1S/C15H22N4O2/c16-15(6-1-2-7-15)14(21)18-9-5-13(20)19-11-12-4-3-8-17-10-12/h3-4,8,10H,1-2,5-7,9,11,16H2,(H,18,21)(H,19,20). The van der Waals surface area contributed by atoms with Crippen LogP contribution in [-0.4, -0.2) is 28.9 Å².